The summed E-state index contributed by atoms with van der Waals surface area (Å²) in [6.07, 6.45) is 0. The Kier molecular flexibility index (Phi) is 12.8. The van der Waals surface area contributed by atoms with E-state index in [1.807, 2.05) is 24.3 Å². The molecule has 2 aliphatic carbocycles. The van der Waals surface area contributed by atoms with Crippen LogP contribution >= 0.6 is 0 Å². The number of fused-ring (bicyclic) bond motifs is 19. The predicted molar refractivity (Wildman–Crippen MR) is 402 cm³/mol. The third-order valence-corrected chi connectivity index (χ3v) is 21.4. The molecule has 464 valence electrons. The Bertz CT molecular complexity index is 6030. The fourth-order valence-corrected chi connectivity index (χ4v) is 17.1. The van der Waals surface area contributed by atoms with Crippen molar-refractivity contribution in [3.63, 3.8) is 0 Å². The fraction of sp³-hybridized carbons (Fsp3) is 0.0211. The lowest BCUT2D eigenvalue weighted by atomic mass is 9.65. The first-order valence-electron chi connectivity index (χ1n) is 34.1. The summed E-state index contributed by atoms with van der Waals surface area (Å²) in [5.41, 5.74) is 29.6. The Morgan fingerprint density at radius 2 is 0.660 bits per heavy atom. The normalized spacial score (nSPS) is 13.3. The topological polar surface area (TPSA) is 68.0 Å². The number of rotatable bonds is 8. The van der Waals surface area contributed by atoms with Crippen LogP contribution in [0.1, 0.15) is 50.1 Å². The highest BCUT2D eigenvalue weighted by Gasteiger charge is 2.53. The molecule has 0 atom stereocenters. The van der Waals surface area contributed by atoms with Gasteiger partial charge in [-0.05, 0) is 137 Å². The molecular formula is C95H57N3O2. The van der Waals surface area contributed by atoms with Gasteiger partial charge in [0, 0.05) is 49.9 Å². The van der Waals surface area contributed by atoms with Crippen molar-refractivity contribution in [3.05, 3.63) is 396 Å². The third kappa shape index (κ3) is 8.35. The van der Waals surface area contributed by atoms with Gasteiger partial charge >= 0.3 is 0 Å². The summed E-state index contributed by atoms with van der Waals surface area (Å²) in [5, 5.41) is 11.2. The standard InChI is InChI=1S/C95H57N3O2/c96-58-59-44-46-62(47-45-59)78-56-64(52-54-70(78)68-25-5-6-26-69(68)75-34-21-41-86-92(75)99-88-43-19-17-39-83(88)94(86)79-35-13-8-27-71(79)72-28-9-14-36-80(72)94)65-53-55-84-89(57-65)100-91-67(33-20-40-85(91)95(84)81-37-15-10-29-73(81)74-30-11-16-38-82(74)95)61-50-48-60(49-51-61)66-24-4-7-31-76(66)93-97-87-42-18-12-32-77(87)90(98-93)63-22-2-1-3-23-63/h1-57H. The van der Waals surface area contributed by atoms with Gasteiger partial charge < -0.3 is 9.47 Å². The van der Waals surface area contributed by atoms with Crippen molar-refractivity contribution in [1.29, 1.82) is 5.26 Å². The highest BCUT2D eigenvalue weighted by atomic mass is 16.5. The Labute approximate surface area is 579 Å². The van der Waals surface area contributed by atoms with Crippen LogP contribution in [0.2, 0.25) is 0 Å². The first-order chi connectivity index (χ1) is 49.5. The molecule has 3 heterocycles. The van der Waals surface area contributed by atoms with Crippen LogP contribution in [0.3, 0.4) is 0 Å². The summed E-state index contributed by atoms with van der Waals surface area (Å²) in [6, 6.07) is 126. The summed E-state index contributed by atoms with van der Waals surface area (Å²) < 4.78 is 14.9. The minimum absolute atomic E-state index is 0.598. The lowest BCUT2D eigenvalue weighted by molar-refractivity contribution is 0.438. The van der Waals surface area contributed by atoms with Crippen molar-refractivity contribution in [1.82, 2.24) is 9.97 Å². The molecule has 2 aliphatic heterocycles. The van der Waals surface area contributed by atoms with Gasteiger partial charge in [-0.25, -0.2) is 9.97 Å². The second kappa shape index (κ2) is 22.4. The van der Waals surface area contributed by atoms with Gasteiger partial charge in [0.15, 0.2) is 5.82 Å². The molecular weight excluding hydrogens is 1220 g/mol. The summed E-state index contributed by atoms with van der Waals surface area (Å²) in [6.45, 7) is 0. The molecule has 4 aliphatic rings. The van der Waals surface area contributed by atoms with Gasteiger partial charge in [-0.2, -0.15) is 5.26 Å². The van der Waals surface area contributed by atoms with Crippen LogP contribution in [0.15, 0.2) is 346 Å². The molecule has 0 fully saturated rings. The van der Waals surface area contributed by atoms with Crippen molar-refractivity contribution >= 4 is 10.9 Å². The summed E-state index contributed by atoms with van der Waals surface area (Å²) in [7, 11) is 0. The average Bonchev–Trinajstić information content (AvgIpc) is 1.49. The molecule has 0 radical (unpaired) electrons. The maximum atomic E-state index is 10.1. The number of hydrogen-bond acceptors (Lipinski definition) is 5. The predicted octanol–water partition coefficient (Wildman–Crippen LogP) is 23.8. The Hall–Kier alpha value is -13.3. The fourth-order valence-electron chi connectivity index (χ4n) is 17.1. The van der Waals surface area contributed by atoms with Gasteiger partial charge in [-0.1, -0.05) is 309 Å². The van der Waals surface area contributed by atoms with E-state index < -0.39 is 10.8 Å². The number of aromatic nitrogens is 2. The molecule has 5 nitrogen and oxygen atoms in total. The van der Waals surface area contributed by atoms with Gasteiger partial charge in [0.1, 0.15) is 23.0 Å². The summed E-state index contributed by atoms with van der Waals surface area (Å²) in [4.78, 5) is 10.5. The van der Waals surface area contributed by atoms with E-state index >= 15 is 0 Å². The van der Waals surface area contributed by atoms with Gasteiger partial charge in [-0.3, -0.25) is 0 Å². The third-order valence-electron chi connectivity index (χ3n) is 21.4. The van der Waals surface area contributed by atoms with Crippen molar-refractivity contribution in [2.45, 2.75) is 10.8 Å². The van der Waals surface area contributed by atoms with Gasteiger partial charge in [0.2, 0.25) is 0 Å². The highest BCUT2D eigenvalue weighted by molar-refractivity contribution is 5.99. The number of para-hydroxylation sites is 4. The van der Waals surface area contributed by atoms with E-state index in [0.29, 0.717) is 11.4 Å². The largest absolute Gasteiger partial charge is 0.456 e. The highest BCUT2D eigenvalue weighted by Crippen LogP contribution is 2.66. The molecule has 0 saturated carbocycles. The molecule has 5 heteroatoms. The molecule has 0 bridgehead atoms. The molecule has 2 spiro atoms. The minimum atomic E-state index is -0.712. The molecule has 1 aromatic heterocycles. The van der Waals surface area contributed by atoms with E-state index in [1.165, 1.54) is 44.5 Å². The molecule has 0 N–H and O–H groups in total. The number of ether oxygens (including phenoxy) is 2. The van der Waals surface area contributed by atoms with Crippen LogP contribution in [0.25, 0.3) is 123 Å². The van der Waals surface area contributed by atoms with Crippen molar-refractivity contribution < 1.29 is 9.47 Å². The van der Waals surface area contributed by atoms with Crippen LogP contribution in [0, 0.1) is 11.3 Å². The van der Waals surface area contributed by atoms with Crippen LogP contribution < -0.4 is 9.47 Å². The molecule has 15 aromatic carbocycles. The maximum absolute atomic E-state index is 10.1. The first-order valence-corrected chi connectivity index (χ1v) is 34.1. The van der Waals surface area contributed by atoms with Crippen molar-refractivity contribution in [2.75, 3.05) is 0 Å². The van der Waals surface area contributed by atoms with Crippen LogP contribution in [-0.4, -0.2) is 9.97 Å². The van der Waals surface area contributed by atoms with Gasteiger partial charge in [0.05, 0.1) is 33.7 Å². The molecule has 20 rings (SSSR count). The Balaban J connectivity index is 0.725. The zero-order chi connectivity index (χ0) is 66.0. The second-order valence-electron chi connectivity index (χ2n) is 26.4. The number of nitriles is 1. The van der Waals surface area contributed by atoms with Gasteiger partial charge in [0.25, 0.3) is 0 Å². The van der Waals surface area contributed by atoms with E-state index in [4.69, 9.17) is 19.4 Å². The number of hydrogen-bond donors (Lipinski definition) is 0. The van der Waals surface area contributed by atoms with E-state index in [9.17, 15) is 5.26 Å². The molecule has 0 saturated heterocycles. The SMILES string of the molecule is N#Cc1ccc(-c2cc(-c3ccc4c(c3)Oc3c(-c5ccc(-c6ccccc6-c6nc(-c7ccccc7)c7ccccc7n6)cc5)cccc3C43c4ccccc4-c4ccccc43)ccc2-c2ccccc2-c2cccc3c2Oc2ccccc2C32c3ccccc3-c3ccccc32)cc1. The zero-order valence-electron chi connectivity index (χ0n) is 54.1. The number of benzene rings is 15. The molecule has 0 unspecified atom stereocenters. The van der Waals surface area contributed by atoms with Crippen LogP contribution in [0.5, 0.6) is 23.0 Å². The monoisotopic (exact) mass is 1270 g/mol. The van der Waals surface area contributed by atoms with Crippen molar-refractivity contribution in [3.8, 4) is 141 Å². The van der Waals surface area contributed by atoms with E-state index in [1.54, 1.807) is 0 Å². The van der Waals surface area contributed by atoms with E-state index in [2.05, 4.69) is 328 Å². The maximum Gasteiger partial charge on any atom is 0.161 e. The first kappa shape index (κ1) is 57.0. The molecule has 0 amide bonds. The average molecular weight is 1270 g/mol. The zero-order valence-corrected chi connectivity index (χ0v) is 54.1. The summed E-state index contributed by atoms with van der Waals surface area (Å²) >= 11 is 0. The van der Waals surface area contributed by atoms with Gasteiger partial charge in [-0.15, -0.1) is 0 Å². The smallest absolute Gasteiger partial charge is 0.161 e. The minimum Gasteiger partial charge on any atom is -0.456 e. The molecule has 16 aromatic rings. The van der Waals surface area contributed by atoms with Crippen molar-refractivity contribution in [2.24, 2.45) is 0 Å². The lowest BCUT2D eigenvalue weighted by Gasteiger charge is -2.40. The second-order valence-corrected chi connectivity index (χ2v) is 26.4. The summed E-state index contributed by atoms with van der Waals surface area (Å²) in [5.74, 6) is 3.96. The molecule has 100 heavy (non-hydrogen) atoms. The van der Waals surface area contributed by atoms with Crippen LogP contribution in [-0.2, 0) is 10.8 Å². The lowest BCUT2D eigenvalue weighted by Crippen LogP contribution is -2.32. The number of nitrogens with zero attached hydrogens (tertiary/aromatic N) is 3. The Morgan fingerprint density at radius 1 is 0.250 bits per heavy atom. The van der Waals surface area contributed by atoms with Crippen LogP contribution in [0.4, 0.5) is 0 Å². The van der Waals surface area contributed by atoms with E-state index in [-0.39, 0.29) is 0 Å². The Morgan fingerprint density at radius 3 is 1.29 bits per heavy atom. The quantitative estimate of drug-likeness (QED) is 0.152. The van der Waals surface area contributed by atoms with E-state index in [0.717, 1.165) is 140 Å².